The van der Waals surface area contributed by atoms with Gasteiger partial charge in [-0.15, -0.1) is 22.3 Å². The Morgan fingerprint density at radius 1 is 1.21 bits per heavy atom. The van der Waals surface area contributed by atoms with E-state index in [9.17, 15) is 13.2 Å². The molecule has 1 saturated heterocycles. The number of carbonyl (C=O) groups is 1. The van der Waals surface area contributed by atoms with Crippen molar-refractivity contribution in [2.24, 2.45) is 4.40 Å². The van der Waals surface area contributed by atoms with E-state index in [1.165, 1.54) is 11.0 Å². The summed E-state index contributed by atoms with van der Waals surface area (Å²) in [6, 6.07) is 12.4. The molecule has 2 heterocycles. The van der Waals surface area contributed by atoms with Gasteiger partial charge in [0.05, 0.1) is 0 Å². The number of hydrogen-bond acceptors (Lipinski definition) is 5. The molecule has 3 rings (SSSR count). The van der Waals surface area contributed by atoms with Crippen molar-refractivity contribution < 1.29 is 13.2 Å². The Morgan fingerprint density at radius 2 is 1.96 bits per heavy atom. The van der Waals surface area contributed by atoms with Crippen molar-refractivity contribution >= 4 is 44.2 Å². The Hall–Kier alpha value is -1.90. The van der Waals surface area contributed by atoms with Crippen molar-refractivity contribution in [1.29, 1.82) is 0 Å². The zero-order chi connectivity index (χ0) is 17.2. The highest BCUT2D eigenvalue weighted by molar-refractivity contribution is 8.15. The van der Waals surface area contributed by atoms with Crippen LogP contribution in [0.2, 0.25) is 0 Å². The quantitative estimate of drug-likeness (QED) is 0.749. The molecule has 0 aliphatic carbocycles. The van der Waals surface area contributed by atoms with Crippen LogP contribution in [0.3, 0.4) is 0 Å². The predicted molar refractivity (Wildman–Crippen MR) is 97.6 cm³/mol. The molecule has 8 heteroatoms. The Morgan fingerprint density at radius 3 is 2.58 bits per heavy atom. The summed E-state index contributed by atoms with van der Waals surface area (Å²) in [6.45, 7) is 3.85. The molecule has 1 aliphatic rings. The van der Waals surface area contributed by atoms with Gasteiger partial charge in [-0.05, 0) is 17.0 Å². The SMILES string of the molecule is C=CCN1C(=O)C(c2ccccc2)S/C1=N/S(=O)(=O)c1cccs1. The first-order chi connectivity index (χ1) is 11.5. The summed E-state index contributed by atoms with van der Waals surface area (Å²) in [5.74, 6) is -0.189. The second-order valence-corrected chi connectivity index (χ2v) is 8.78. The zero-order valence-corrected chi connectivity index (χ0v) is 15.0. The molecule has 0 N–H and O–H groups in total. The first kappa shape index (κ1) is 16.9. The number of rotatable bonds is 5. The molecule has 1 aliphatic heterocycles. The van der Waals surface area contributed by atoms with Crippen molar-refractivity contribution in [3.05, 3.63) is 66.1 Å². The Labute approximate surface area is 148 Å². The third kappa shape index (κ3) is 3.31. The van der Waals surface area contributed by atoms with E-state index < -0.39 is 15.3 Å². The van der Waals surface area contributed by atoms with E-state index in [-0.39, 0.29) is 21.8 Å². The third-order valence-electron chi connectivity index (χ3n) is 3.31. The number of carbonyl (C=O) groups excluding carboxylic acids is 1. The summed E-state index contributed by atoms with van der Waals surface area (Å²) >= 11 is 2.25. The van der Waals surface area contributed by atoms with E-state index in [4.69, 9.17) is 0 Å². The molecule has 1 aromatic heterocycles. The van der Waals surface area contributed by atoms with E-state index in [0.29, 0.717) is 0 Å². The van der Waals surface area contributed by atoms with E-state index in [2.05, 4.69) is 11.0 Å². The minimum Gasteiger partial charge on any atom is -0.285 e. The number of thiophene rings is 1. The number of benzene rings is 1. The molecule has 1 atom stereocenters. The fourth-order valence-corrected chi connectivity index (χ4v) is 5.57. The normalized spacial score (nSPS) is 19.8. The Bertz CT molecular complexity index is 875. The van der Waals surface area contributed by atoms with Crippen molar-refractivity contribution in [2.75, 3.05) is 6.54 Å². The monoisotopic (exact) mass is 378 g/mol. The molecule has 1 aromatic carbocycles. The topological polar surface area (TPSA) is 66.8 Å². The Balaban J connectivity index is 1.99. The highest BCUT2D eigenvalue weighted by atomic mass is 32.2. The minimum atomic E-state index is -3.82. The lowest BCUT2D eigenvalue weighted by atomic mass is 10.1. The van der Waals surface area contributed by atoms with Crippen LogP contribution in [0.4, 0.5) is 0 Å². The first-order valence-corrected chi connectivity index (χ1v) is 10.3. The lowest BCUT2D eigenvalue weighted by Crippen LogP contribution is -2.30. The summed E-state index contributed by atoms with van der Waals surface area (Å²) in [6.07, 6.45) is 1.55. The van der Waals surface area contributed by atoms with Crippen LogP contribution in [0.5, 0.6) is 0 Å². The Kier molecular flexibility index (Phi) is 4.88. The van der Waals surface area contributed by atoms with E-state index >= 15 is 0 Å². The molecule has 0 spiro atoms. The van der Waals surface area contributed by atoms with Crippen molar-refractivity contribution in [3.63, 3.8) is 0 Å². The van der Waals surface area contributed by atoms with Gasteiger partial charge in [-0.3, -0.25) is 9.69 Å². The molecule has 24 heavy (non-hydrogen) atoms. The van der Waals surface area contributed by atoms with Gasteiger partial charge < -0.3 is 0 Å². The summed E-state index contributed by atoms with van der Waals surface area (Å²) in [7, 11) is -3.82. The average Bonchev–Trinajstić information content (AvgIpc) is 3.20. The number of sulfonamides is 1. The van der Waals surface area contributed by atoms with Gasteiger partial charge in [-0.1, -0.05) is 54.2 Å². The number of thioether (sulfide) groups is 1. The second-order valence-electron chi connectivity index (χ2n) is 4.93. The third-order valence-corrected chi connectivity index (χ3v) is 7.29. The molecular formula is C16H14N2O3S3. The van der Waals surface area contributed by atoms with Gasteiger partial charge in [0, 0.05) is 6.54 Å². The van der Waals surface area contributed by atoms with Crippen LogP contribution in [0.15, 0.2) is 69.1 Å². The molecule has 0 saturated carbocycles. The van der Waals surface area contributed by atoms with Gasteiger partial charge in [-0.2, -0.15) is 8.42 Å². The van der Waals surface area contributed by atoms with Crippen LogP contribution in [0.25, 0.3) is 0 Å². The molecule has 0 radical (unpaired) electrons. The lowest BCUT2D eigenvalue weighted by Gasteiger charge is -2.13. The number of amides is 1. The van der Waals surface area contributed by atoms with Gasteiger partial charge in [-0.25, -0.2) is 0 Å². The van der Waals surface area contributed by atoms with Gasteiger partial charge >= 0.3 is 0 Å². The minimum absolute atomic E-state index is 0.157. The van der Waals surface area contributed by atoms with Crippen LogP contribution in [0, 0.1) is 0 Å². The molecule has 5 nitrogen and oxygen atoms in total. The molecule has 0 bridgehead atoms. The highest BCUT2D eigenvalue weighted by Crippen LogP contribution is 2.40. The standard InChI is InChI=1S/C16H14N2O3S3/c1-2-10-18-15(19)14(12-7-4-3-5-8-12)23-16(18)17-24(20,21)13-9-6-11-22-13/h2-9,11,14H,1,10H2/b17-16+. The van der Waals surface area contributed by atoms with E-state index in [1.54, 1.807) is 17.5 Å². The smallest absolute Gasteiger partial charge is 0.285 e. The van der Waals surface area contributed by atoms with Crippen molar-refractivity contribution in [1.82, 2.24) is 4.90 Å². The fourth-order valence-electron chi connectivity index (χ4n) is 2.22. The van der Waals surface area contributed by atoms with E-state index in [1.807, 2.05) is 30.3 Å². The predicted octanol–water partition coefficient (Wildman–Crippen LogP) is 3.30. The highest BCUT2D eigenvalue weighted by Gasteiger charge is 2.39. The van der Waals surface area contributed by atoms with Gasteiger partial charge in [0.15, 0.2) is 5.17 Å². The maximum Gasteiger partial charge on any atom is 0.294 e. The first-order valence-electron chi connectivity index (χ1n) is 7.05. The summed E-state index contributed by atoms with van der Waals surface area (Å²) < 4.78 is 28.8. The molecule has 1 unspecified atom stereocenters. The summed E-state index contributed by atoms with van der Waals surface area (Å²) in [5, 5.41) is 1.36. The second kappa shape index (κ2) is 6.92. The summed E-state index contributed by atoms with van der Waals surface area (Å²) in [5.41, 5.74) is 0.820. The largest absolute Gasteiger partial charge is 0.294 e. The van der Waals surface area contributed by atoms with E-state index in [0.717, 1.165) is 28.7 Å². The van der Waals surface area contributed by atoms with Crippen LogP contribution >= 0.6 is 23.1 Å². The lowest BCUT2D eigenvalue weighted by molar-refractivity contribution is -0.125. The molecule has 2 aromatic rings. The van der Waals surface area contributed by atoms with Crippen molar-refractivity contribution in [3.8, 4) is 0 Å². The van der Waals surface area contributed by atoms with Gasteiger partial charge in [0.2, 0.25) is 5.91 Å². The zero-order valence-electron chi connectivity index (χ0n) is 12.5. The molecular weight excluding hydrogens is 364 g/mol. The number of hydrogen-bond donors (Lipinski definition) is 0. The average molecular weight is 379 g/mol. The van der Waals surface area contributed by atoms with Gasteiger partial charge in [0.1, 0.15) is 9.46 Å². The van der Waals surface area contributed by atoms with Crippen LogP contribution in [-0.2, 0) is 14.8 Å². The fraction of sp³-hybridized carbons (Fsp3) is 0.125. The van der Waals surface area contributed by atoms with Crippen LogP contribution in [-0.4, -0.2) is 30.9 Å². The summed E-state index contributed by atoms with van der Waals surface area (Å²) in [4.78, 5) is 14.0. The molecule has 1 fully saturated rings. The van der Waals surface area contributed by atoms with Gasteiger partial charge in [0.25, 0.3) is 10.0 Å². The molecule has 1 amide bonds. The van der Waals surface area contributed by atoms with Crippen molar-refractivity contribution in [2.45, 2.75) is 9.46 Å². The maximum atomic E-state index is 12.7. The van der Waals surface area contributed by atoms with Crippen LogP contribution < -0.4 is 0 Å². The number of nitrogens with zero attached hydrogens (tertiary/aromatic N) is 2. The number of amidine groups is 1. The maximum absolute atomic E-state index is 12.7. The molecule has 124 valence electrons. The van der Waals surface area contributed by atoms with Crippen LogP contribution in [0.1, 0.15) is 10.8 Å².